The maximum Gasteiger partial charge on any atom is 0.227 e. The number of benzene rings is 1. The fourth-order valence-electron chi connectivity index (χ4n) is 4.65. The van der Waals surface area contributed by atoms with Gasteiger partial charge in [-0.2, -0.15) is 5.26 Å². The van der Waals surface area contributed by atoms with E-state index < -0.39 is 0 Å². The summed E-state index contributed by atoms with van der Waals surface area (Å²) >= 11 is 0. The number of nitrogens with zero attached hydrogens (tertiary/aromatic N) is 3. The average Bonchev–Trinajstić information content (AvgIpc) is 2.76. The first-order chi connectivity index (χ1) is 14.1. The lowest BCUT2D eigenvalue weighted by atomic mass is 9.88. The predicted molar refractivity (Wildman–Crippen MR) is 107 cm³/mol. The SMILES string of the molecule is N#Cc1cccc(CN2CCC3(CC2)CN(C(=O)C2CCC(=O)NC2)CCO3)c1. The summed E-state index contributed by atoms with van der Waals surface area (Å²) < 4.78 is 6.19. The van der Waals surface area contributed by atoms with Crippen LogP contribution in [0, 0.1) is 17.2 Å². The van der Waals surface area contributed by atoms with E-state index in [9.17, 15) is 9.59 Å². The monoisotopic (exact) mass is 396 g/mol. The van der Waals surface area contributed by atoms with Crippen molar-refractivity contribution in [3.63, 3.8) is 0 Å². The molecule has 0 aliphatic carbocycles. The highest BCUT2D eigenvalue weighted by atomic mass is 16.5. The molecule has 4 rings (SSSR count). The van der Waals surface area contributed by atoms with E-state index in [4.69, 9.17) is 10.00 Å². The van der Waals surface area contributed by atoms with Crippen LogP contribution >= 0.6 is 0 Å². The van der Waals surface area contributed by atoms with Crippen molar-refractivity contribution in [1.82, 2.24) is 15.1 Å². The first-order valence-electron chi connectivity index (χ1n) is 10.5. The van der Waals surface area contributed by atoms with E-state index in [2.05, 4.69) is 22.4 Å². The number of carbonyl (C=O) groups excluding carboxylic acids is 2. The Hall–Kier alpha value is -2.43. The van der Waals surface area contributed by atoms with Crippen LogP contribution in [0.1, 0.15) is 36.8 Å². The lowest BCUT2D eigenvalue weighted by Gasteiger charge is -2.48. The van der Waals surface area contributed by atoms with Crippen LogP contribution in [0.2, 0.25) is 0 Å². The Balaban J connectivity index is 1.32. The molecule has 7 nitrogen and oxygen atoms in total. The summed E-state index contributed by atoms with van der Waals surface area (Å²) in [5.74, 6) is 0.0962. The quantitative estimate of drug-likeness (QED) is 0.832. The number of piperidine rings is 2. The second-order valence-electron chi connectivity index (χ2n) is 8.42. The standard InChI is InChI=1S/C22H28N4O3/c23-13-17-2-1-3-18(12-17)15-25-8-6-22(7-9-25)16-26(10-11-29-22)21(28)19-4-5-20(27)24-14-19/h1-3,12,19H,4-11,14-16H2,(H,24,27). The minimum atomic E-state index is -0.253. The highest BCUT2D eigenvalue weighted by Gasteiger charge is 2.42. The van der Waals surface area contributed by atoms with Crippen LogP contribution < -0.4 is 5.32 Å². The van der Waals surface area contributed by atoms with Gasteiger partial charge in [0, 0.05) is 45.7 Å². The van der Waals surface area contributed by atoms with E-state index in [1.54, 1.807) is 0 Å². The van der Waals surface area contributed by atoms with Crippen LogP contribution in [0.5, 0.6) is 0 Å². The molecule has 0 saturated carbocycles. The zero-order chi connectivity index (χ0) is 20.3. The summed E-state index contributed by atoms with van der Waals surface area (Å²) in [5.41, 5.74) is 1.59. The molecule has 29 heavy (non-hydrogen) atoms. The Bertz CT molecular complexity index is 801. The van der Waals surface area contributed by atoms with Gasteiger partial charge < -0.3 is 15.0 Å². The Labute approximate surface area is 171 Å². The molecule has 1 aromatic carbocycles. The molecule has 3 saturated heterocycles. The first kappa shape index (κ1) is 19.9. The van der Waals surface area contributed by atoms with Gasteiger partial charge in [0.25, 0.3) is 0 Å². The van der Waals surface area contributed by atoms with Crippen molar-refractivity contribution in [3.05, 3.63) is 35.4 Å². The smallest absolute Gasteiger partial charge is 0.227 e. The molecule has 1 unspecified atom stereocenters. The number of nitrogens with one attached hydrogen (secondary N) is 1. The number of amides is 2. The van der Waals surface area contributed by atoms with Crippen LogP contribution in [0.3, 0.4) is 0 Å². The second kappa shape index (κ2) is 8.52. The summed E-state index contributed by atoms with van der Waals surface area (Å²) in [5, 5.41) is 11.9. The normalized spacial score (nSPS) is 24.7. The van der Waals surface area contributed by atoms with Crippen molar-refractivity contribution in [2.24, 2.45) is 5.92 Å². The highest BCUT2D eigenvalue weighted by Crippen LogP contribution is 2.31. The fourth-order valence-corrected chi connectivity index (χ4v) is 4.65. The number of ether oxygens (including phenoxy) is 1. The number of rotatable bonds is 3. The molecule has 2 amide bonds. The summed E-state index contributed by atoms with van der Waals surface area (Å²) in [7, 11) is 0. The largest absolute Gasteiger partial charge is 0.371 e. The van der Waals surface area contributed by atoms with Gasteiger partial charge in [0.2, 0.25) is 11.8 Å². The van der Waals surface area contributed by atoms with Crippen molar-refractivity contribution in [1.29, 1.82) is 5.26 Å². The maximum absolute atomic E-state index is 12.9. The van der Waals surface area contributed by atoms with E-state index >= 15 is 0 Å². The Morgan fingerprint density at radius 2 is 2.14 bits per heavy atom. The lowest BCUT2D eigenvalue weighted by molar-refractivity contribution is -0.163. The van der Waals surface area contributed by atoms with Gasteiger partial charge in [0.1, 0.15) is 0 Å². The topological polar surface area (TPSA) is 85.7 Å². The summed E-state index contributed by atoms with van der Waals surface area (Å²) in [6, 6.07) is 9.97. The van der Waals surface area contributed by atoms with Crippen LogP contribution in [0.15, 0.2) is 24.3 Å². The van der Waals surface area contributed by atoms with Crippen LogP contribution in [-0.4, -0.2) is 66.5 Å². The van der Waals surface area contributed by atoms with E-state index in [1.807, 2.05) is 23.1 Å². The van der Waals surface area contributed by atoms with E-state index in [-0.39, 0.29) is 23.3 Å². The molecule has 1 spiro atoms. The van der Waals surface area contributed by atoms with E-state index in [0.29, 0.717) is 44.6 Å². The van der Waals surface area contributed by atoms with Gasteiger partial charge >= 0.3 is 0 Å². The highest BCUT2D eigenvalue weighted by molar-refractivity contribution is 5.83. The van der Waals surface area contributed by atoms with Crippen molar-refractivity contribution < 1.29 is 14.3 Å². The molecular weight excluding hydrogens is 368 g/mol. The second-order valence-corrected chi connectivity index (χ2v) is 8.42. The third-order valence-electron chi connectivity index (χ3n) is 6.40. The van der Waals surface area contributed by atoms with Gasteiger partial charge in [-0.3, -0.25) is 14.5 Å². The molecule has 3 heterocycles. The maximum atomic E-state index is 12.9. The third kappa shape index (κ3) is 4.60. The number of carbonyl (C=O) groups is 2. The van der Waals surface area contributed by atoms with Crippen molar-refractivity contribution in [2.45, 2.75) is 37.8 Å². The van der Waals surface area contributed by atoms with E-state index in [0.717, 1.165) is 38.0 Å². The van der Waals surface area contributed by atoms with Gasteiger partial charge in [-0.25, -0.2) is 0 Å². The molecule has 0 radical (unpaired) electrons. The van der Waals surface area contributed by atoms with Gasteiger partial charge in [0.05, 0.1) is 29.8 Å². The molecule has 0 bridgehead atoms. The van der Waals surface area contributed by atoms with E-state index in [1.165, 1.54) is 0 Å². The molecule has 3 aliphatic rings. The van der Waals surface area contributed by atoms with Gasteiger partial charge in [-0.15, -0.1) is 0 Å². The number of hydrogen-bond acceptors (Lipinski definition) is 5. The molecule has 1 N–H and O–H groups in total. The van der Waals surface area contributed by atoms with Crippen LogP contribution in [0.25, 0.3) is 0 Å². The molecule has 1 aromatic rings. The number of morpholine rings is 1. The summed E-state index contributed by atoms with van der Waals surface area (Å²) in [6.45, 7) is 4.98. The average molecular weight is 396 g/mol. The lowest BCUT2D eigenvalue weighted by Crippen LogP contribution is -2.59. The van der Waals surface area contributed by atoms with Gasteiger partial charge in [-0.05, 0) is 37.0 Å². The molecule has 3 fully saturated rings. The van der Waals surface area contributed by atoms with Crippen molar-refractivity contribution in [3.8, 4) is 6.07 Å². The molecule has 0 aromatic heterocycles. The number of likely N-dealkylation sites (tertiary alicyclic amines) is 1. The molecular formula is C22H28N4O3. The fraction of sp³-hybridized carbons (Fsp3) is 0.591. The van der Waals surface area contributed by atoms with Crippen molar-refractivity contribution in [2.75, 3.05) is 39.3 Å². The van der Waals surface area contributed by atoms with Crippen LogP contribution in [-0.2, 0) is 20.9 Å². The van der Waals surface area contributed by atoms with Gasteiger partial charge in [-0.1, -0.05) is 12.1 Å². The summed E-state index contributed by atoms with van der Waals surface area (Å²) in [4.78, 5) is 28.7. The third-order valence-corrected chi connectivity index (χ3v) is 6.40. The molecule has 3 aliphatic heterocycles. The molecule has 7 heteroatoms. The Morgan fingerprint density at radius 1 is 1.31 bits per heavy atom. The minimum absolute atomic E-state index is 0.0418. The summed E-state index contributed by atoms with van der Waals surface area (Å²) in [6.07, 6.45) is 2.88. The first-order valence-corrected chi connectivity index (χ1v) is 10.5. The number of hydrogen-bond donors (Lipinski definition) is 1. The number of nitriles is 1. The van der Waals surface area contributed by atoms with Crippen molar-refractivity contribution >= 4 is 11.8 Å². The van der Waals surface area contributed by atoms with Gasteiger partial charge in [0.15, 0.2) is 0 Å². The van der Waals surface area contributed by atoms with Crippen LogP contribution in [0.4, 0.5) is 0 Å². The predicted octanol–water partition coefficient (Wildman–Crippen LogP) is 1.28. The zero-order valence-corrected chi connectivity index (χ0v) is 16.7. The Kier molecular flexibility index (Phi) is 5.84. The minimum Gasteiger partial charge on any atom is -0.371 e. The Morgan fingerprint density at radius 3 is 2.86 bits per heavy atom. The zero-order valence-electron chi connectivity index (χ0n) is 16.7. The molecule has 154 valence electrons. The molecule has 1 atom stereocenters.